The van der Waals surface area contributed by atoms with Gasteiger partial charge in [0.2, 0.25) is 0 Å². The second-order valence-corrected chi connectivity index (χ2v) is 7.08. The number of aryl methyl sites for hydroxylation is 2. The fourth-order valence-corrected chi connectivity index (χ4v) is 3.05. The van der Waals surface area contributed by atoms with E-state index >= 15 is 0 Å². The molecule has 4 heteroatoms. The van der Waals surface area contributed by atoms with Crippen molar-refractivity contribution in [1.29, 1.82) is 0 Å². The quantitative estimate of drug-likeness (QED) is 0.400. The molecule has 0 bridgehead atoms. The van der Waals surface area contributed by atoms with Gasteiger partial charge in [-0.2, -0.15) is 0 Å². The van der Waals surface area contributed by atoms with Crippen molar-refractivity contribution < 1.29 is 18.3 Å². The van der Waals surface area contributed by atoms with Crippen molar-refractivity contribution in [2.24, 2.45) is 0 Å². The summed E-state index contributed by atoms with van der Waals surface area (Å²) < 4.78 is 39.6. The van der Waals surface area contributed by atoms with Crippen LogP contribution in [0.5, 0.6) is 11.5 Å². The summed E-state index contributed by atoms with van der Waals surface area (Å²) in [7, 11) is 0. The minimum absolute atomic E-state index is 0.254. The van der Waals surface area contributed by atoms with Crippen LogP contribution in [0.3, 0.4) is 0 Å². The molecule has 0 amide bonds. The van der Waals surface area contributed by atoms with Crippen LogP contribution in [0.2, 0.25) is 0 Å². The third-order valence-electron chi connectivity index (χ3n) is 4.83. The maximum absolute atomic E-state index is 13.9. The van der Waals surface area contributed by atoms with Crippen LogP contribution in [0.15, 0.2) is 61.7 Å². The molecule has 154 valence electrons. The molecule has 0 aliphatic rings. The van der Waals surface area contributed by atoms with E-state index in [2.05, 4.69) is 13.2 Å². The SMILES string of the molecule is C=Cc1ccc(COc2cc(C)c(OCc3ccc(C=C)c(F)c3)cc2C)cc1F. The zero-order valence-electron chi connectivity index (χ0n) is 17.2. The van der Waals surface area contributed by atoms with Gasteiger partial charge in [0, 0.05) is 11.1 Å². The molecule has 0 aromatic heterocycles. The summed E-state index contributed by atoms with van der Waals surface area (Å²) >= 11 is 0. The van der Waals surface area contributed by atoms with E-state index < -0.39 is 0 Å². The van der Waals surface area contributed by atoms with Gasteiger partial charge in [-0.25, -0.2) is 8.78 Å². The third kappa shape index (κ3) is 4.95. The van der Waals surface area contributed by atoms with Crippen molar-refractivity contribution in [2.45, 2.75) is 27.1 Å². The lowest BCUT2D eigenvalue weighted by Gasteiger charge is -2.15. The highest BCUT2D eigenvalue weighted by Gasteiger charge is 2.09. The van der Waals surface area contributed by atoms with Gasteiger partial charge in [-0.15, -0.1) is 0 Å². The van der Waals surface area contributed by atoms with Crippen LogP contribution < -0.4 is 9.47 Å². The van der Waals surface area contributed by atoms with Crippen molar-refractivity contribution in [3.05, 3.63) is 107 Å². The molecule has 0 N–H and O–H groups in total. The second kappa shape index (κ2) is 9.40. The van der Waals surface area contributed by atoms with Crippen molar-refractivity contribution >= 4 is 12.2 Å². The molecule has 0 heterocycles. The summed E-state index contributed by atoms with van der Waals surface area (Å²) in [5, 5.41) is 0. The minimum Gasteiger partial charge on any atom is -0.489 e. The number of hydrogen-bond donors (Lipinski definition) is 0. The third-order valence-corrected chi connectivity index (χ3v) is 4.83. The predicted molar refractivity (Wildman–Crippen MR) is 118 cm³/mol. The van der Waals surface area contributed by atoms with Crippen molar-refractivity contribution in [2.75, 3.05) is 0 Å². The van der Waals surface area contributed by atoms with E-state index in [4.69, 9.17) is 9.47 Å². The Labute approximate surface area is 176 Å². The number of halogens is 2. The topological polar surface area (TPSA) is 18.5 Å². The molecule has 0 spiro atoms. The summed E-state index contributed by atoms with van der Waals surface area (Å²) in [6, 6.07) is 13.7. The molecule has 0 aliphatic carbocycles. The molecule has 2 nitrogen and oxygen atoms in total. The lowest BCUT2D eigenvalue weighted by Crippen LogP contribution is -2.01. The van der Waals surface area contributed by atoms with E-state index in [1.165, 1.54) is 24.3 Å². The highest BCUT2D eigenvalue weighted by atomic mass is 19.1. The molecule has 0 atom stereocenters. The average Bonchev–Trinajstić information content (AvgIpc) is 2.73. The number of ether oxygens (including phenoxy) is 2. The van der Waals surface area contributed by atoms with Crippen LogP contribution >= 0.6 is 0 Å². The van der Waals surface area contributed by atoms with Crippen LogP contribution in [0, 0.1) is 25.5 Å². The molecular formula is C26H24F2O2. The summed E-state index contributed by atoms with van der Waals surface area (Å²) in [6.45, 7) is 11.5. The van der Waals surface area contributed by atoms with E-state index in [1.54, 1.807) is 12.1 Å². The smallest absolute Gasteiger partial charge is 0.130 e. The standard InChI is InChI=1S/C26H24F2O2/c1-5-21-9-7-19(13-23(21)27)15-29-25-11-18(4)26(12-17(25)3)30-16-20-8-10-22(6-2)24(28)14-20/h5-14H,1-2,15-16H2,3-4H3. The van der Waals surface area contributed by atoms with Gasteiger partial charge in [0.25, 0.3) is 0 Å². The Morgan fingerprint density at radius 3 is 1.43 bits per heavy atom. The molecular weight excluding hydrogens is 382 g/mol. The van der Waals surface area contributed by atoms with Crippen LogP contribution in [-0.4, -0.2) is 0 Å². The molecule has 3 rings (SSSR count). The molecule has 30 heavy (non-hydrogen) atoms. The van der Waals surface area contributed by atoms with Gasteiger partial charge in [-0.05, 0) is 60.4 Å². The normalized spacial score (nSPS) is 10.5. The van der Waals surface area contributed by atoms with Gasteiger partial charge in [0.15, 0.2) is 0 Å². The first-order valence-corrected chi connectivity index (χ1v) is 9.60. The largest absolute Gasteiger partial charge is 0.489 e. The van der Waals surface area contributed by atoms with Gasteiger partial charge in [-0.3, -0.25) is 0 Å². The zero-order valence-corrected chi connectivity index (χ0v) is 17.2. The molecule has 0 aliphatic heterocycles. The lowest BCUT2D eigenvalue weighted by molar-refractivity contribution is 0.293. The van der Waals surface area contributed by atoms with Gasteiger partial charge >= 0.3 is 0 Å². The fraction of sp³-hybridized carbons (Fsp3) is 0.154. The Hall–Kier alpha value is -3.40. The highest BCUT2D eigenvalue weighted by molar-refractivity contribution is 5.49. The number of benzene rings is 3. The first-order chi connectivity index (χ1) is 14.4. The Bertz CT molecular complexity index is 999. The van der Waals surface area contributed by atoms with Crippen LogP contribution in [0.1, 0.15) is 33.4 Å². The summed E-state index contributed by atoms with van der Waals surface area (Å²) in [5.41, 5.74) is 4.19. The van der Waals surface area contributed by atoms with Crippen molar-refractivity contribution in [1.82, 2.24) is 0 Å². The second-order valence-electron chi connectivity index (χ2n) is 7.08. The van der Waals surface area contributed by atoms with Gasteiger partial charge in [0.05, 0.1) is 0 Å². The van der Waals surface area contributed by atoms with Gasteiger partial charge in [0.1, 0.15) is 36.3 Å². The van der Waals surface area contributed by atoms with Crippen molar-refractivity contribution in [3.63, 3.8) is 0 Å². The molecule has 0 unspecified atom stereocenters. The predicted octanol–water partition coefficient (Wildman–Crippen LogP) is 7.03. The number of rotatable bonds is 8. The Morgan fingerprint density at radius 2 is 1.10 bits per heavy atom. The first kappa shape index (κ1) is 21.3. The minimum atomic E-state index is -0.319. The molecule has 3 aromatic rings. The first-order valence-electron chi connectivity index (χ1n) is 9.60. The van der Waals surface area contributed by atoms with E-state index in [-0.39, 0.29) is 24.8 Å². The number of hydrogen-bond acceptors (Lipinski definition) is 2. The molecule has 0 saturated heterocycles. The Balaban J connectivity index is 1.67. The van der Waals surface area contributed by atoms with Gasteiger partial charge in [-0.1, -0.05) is 49.6 Å². The Morgan fingerprint density at radius 1 is 0.700 bits per heavy atom. The maximum atomic E-state index is 13.9. The van der Waals surface area contributed by atoms with E-state index in [1.807, 2.05) is 38.1 Å². The fourth-order valence-electron chi connectivity index (χ4n) is 3.05. The molecule has 0 radical (unpaired) electrons. The zero-order chi connectivity index (χ0) is 21.7. The summed E-state index contributed by atoms with van der Waals surface area (Å²) in [4.78, 5) is 0. The highest BCUT2D eigenvalue weighted by Crippen LogP contribution is 2.29. The van der Waals surface area contributed by atoms with E-state index in [9.17, 15) is 8.78 Å². The average molecular weight is 406 g/mol. The van der Waals surface area contributed by atoms with Crippen molar-refractivity contribution in [3.8, 4) is 11.5 Å². The van der Waals surface area contributed by atoms with Crippen LogP contribution in [-0.2, 0) is 13.2 Å². The molecule has 0 saturated carbocycles. The van der Waals surface area contributed by atoms with Crippen LogP contribution in [0.25, 0.3) is 12.2 Å². The van der Waals surface area contributed by atoms with E-state index in [0.717, 1.165) is 22.3 Å². The Kier molecular flexibility index (Phi) is 6.68. The lowest BCUT2D eigenvalue weighted by atomic mass is 10.1. The summed E-state index contributed by atoms with van der Waals surface area (Å²) in [5.74, 6) is 0.768. The maximum Gasteiger partial charge on any atom is 0.130 e. The molecule has 0 fully saturated rings. The molecule has 3 aromatic carbocycles. The monoisotopic (exact) mass is 406 g/mol. The van der Waals surface area contributed by atoms with E-state index in [0.29, 0.717) is 22.6 Å². The van der Waals surface area contributed by atoms with Gasteiger partial charge < -0.3 is 9.47 Å². The summed E-state index contributed by atoms with van der Waals surface area (Å²) in [6.07, 6.45) is 2.96. The van der Waals surface area contributed by atoms with Crippen LogP contribution in [0.4, 0.5) is 8.78 Å².